The fourth-order valence-electron chi connectivity index (χ4n) is 1.67. The standard InChI is InChI=1S/C12H6Br2N2O4/c13-11-3-1-7(15(17)18)5-9(11)10-6-8(16(19)20)2-4-12(10)14/h1-6H. The highest BCUT2D eigenvalue weighted by Crippen LogP contribution is 2.37. The molecule has 0 unspecified atom stereocenters. The summed E-state index contributed by atoms with van der Waals surface area (Å²) < 4.78 is 1.23. The molecule has 0 saturated carbocycles. The normalized spacial score (nSPS) is 10.3. The summed E-state index contributed by atoms with van der Waals surface area (Å²) >= 11 is 6.60. The third-order valence-electron chi connectivity index (χ3n) is 2.61. The third kappa shape index (κ3) is 2.86. The first-order chi connectivity index (χ1) is 9.40. The first kappa shape index (κ1) is 14.6. The summed E-state index contributed by atoms with van der Waals surface area (Å²) in [6.45, 7) is 0. The number of nitrogens with zero attached hydrogens (tertiary/aromatic N) is 2. The van der Waals surface area contributed by atoms with Crippen LogP contribution in [0.25, 0.3) is 11.1 Å². The molecule has 0 aliphatic rings. The van der Waals surface area contributed by atoms with Crippen molar-refractivity contribution in [2.24, 2.45) is 0 Å². The zero-order valence-electron chi connectivity index (χ0n) is 9.75. The summed E-state index contributed by atoms with van der Waals surface area (Å²) in [4.78, 5) is 20.6. The molecule has 0 N–H and O–H groups in total. The van der Waals surface area contributed by atoms with Gasteiger partial charge in [-0.2, -0.15) is 0 Å². The molecule has 8 heteroatoms. The van der Waals surface area contributed by atoms with Crippen molar-refractivity contribution in [1.82, 2.24) is 0 Å². The van der Waals surface area contributed by atoms with Crippen LogP contribution in [0.15, 0.2) is 45.3 Å². The van der Waals surface area contributed by atoms with E-state index in [1.54, 1.807) is 12.1 Å². The lowest BCUT2D eigenvalue weighted by atomic mass is 10.0. The molecular formula is C12H6Br2N2O4. The van der Waals surface area contributed by atoms with Gasteiger partial charge in [-0.25, -0.2) is 0 Å². The summed E-state index contributed by atoms with van der Waals surface area (Å²) in [5, 5.41) is 21.7. The maximum atomic E-state index is 10.8. The van der Waals surface area contributed by atoms with E-state index in [4.69, 9.17) is 0 Å². The van der Waals surface area contributed by atoms with Crippen LogP contribution in [-0.4, -0.2) is 9.85 Å². The summed E-state index contributed by atoms with van der Waals surface area (Å²) in [6.07, 6.45) is 0. The molecule has 0 saturated heterocycles. The van der Waals surface area contributed by atoms with E-state index >= 15 is 0 Å². The Morgan fingerprint density at radius 3 is 1.40 bits per heavy atom. The highest BCUT2D eigenvalue weighted by Gasteiger charge is 2.16. The molecule has 0 amide bonds. The zero-order chi connectivity index (χ0) is 14.9. The Bertz CT molecular complexity index is 657. The summed E-state index contributed by atoms with van der Waals surface area (Å²) in [5.41, 5.74) is 0.854. The molecule has 0 aliphatic heterocycles. The predicted molar refractivity (Wildman–Crippen MR) is 80.6 cm³/mol. The molecule has 0 fully saturated rings. The molecule has 0 heterocycles. The van der Waals surface area contributed by atoms with Gasteiger partial charge in [0.05, 0.1) is 9.85 Å². The first-order valence-corrected chi connectivity index (χ1v) is 6.87. The Morgan fingerprint density at radius 1 is 0.750 bits per heavy atom. The van der Waals surface area contributed by atoms with E-state index in [1.807, 2.05) is 0 Å². The third-order valence-corrected chi connectivity index (χ3v) is 3.99. The molecule has 0 bridgehead atoms. The van der Waals surface area contributed by atoms with E-state index < -0.39 is 9.85 Å². The number of rotatable bonds is 3. The lowest BCUT2D eigenvalue weighted by molar-refractivity contribution is -0.385. The minimum absolute atomic E-state index is 0.0818. The monoisotopic (exact) mass is 400 g/mol. The van der Waals surface area contributed by atoms with Crippen LogP contribution >= 0.6 is 31.9 Å². The van der Waals surface area contributed by atoms with Crippen molar-refractivity contribution in [2.45, 2.75) is 0 Å². The van der Waals surface area contributed by atoms with Gasteiger partial charge >= 0.3 is 0 Å². The van der Waals surface area contributed by atoms with Crippen molar-refractivity contribution in [3.63, 3.8) is 0 Å². The number of non-ortho nitro benzene ring substituents is 2. The number of hydrogen-bond acceptors (Lipinski definition) is 4. The highest BCUT2D eigenvalue weighted by molar-refractivity contribution is 9.11. The molecule has 0 aliphatic carbocycles. The van der Waals surface area contributed by atoms with E-state index in [0.29, 0.717) is 20.1 Å². The Labute approximate surface area is 130 Å². The van der Waals surface area contributed by atoms with Crippen LogP contribution in [-0.2, 0) is 0 Å². The topological polar surface area (TPSA) is 86.3 Å². The van der Waals surface area contributed by atoms with Crippen LogP contribution < -0.4 is 0 Å². The van der Waals surface area contributed by atoms with E-state index in [0.717, 1.165) is 0 Å². The van der Waals surface area contributed by atoms with Crippen molar-refractivity contribution in [3.8, 4) is 11.1 Å². The maximum Gasteiger partial charge on any atom is 0.270 e. The van der Waals surface area contributed by atoms with Crippen LogP contribution in [0.4, 0.5) is 11.4 Å². The Morgan fingerprint density at radius 2 is 1.10 bits per heavy atom. The molecule has 102 valence electrons. The average Bonchev–Trinajstić information content (AvgIpc) is 2.39. The minimum Gasteiger partial charge on any atom is -0.258 e. The molecule has 2 rings (SSSR count). The molecule has 2 aromatic rings. The average molecular weight is 402 g/mol. The number of hydrogen-bond donors (Lipinski definition) is 0. The second-order valence-corrected chi connectivity index (χ2v) is 5.55. The van der Waals surface area contributed by atoms with Gasteiger partial charge in [0, 0.05) is 44.3 Å². The zero-order valence-corrected chi connectivity index (χ0v) is 12.9. The fourth-order valence-corrected chi connectivity index (χ4v) is 2.59. The van der Waals surface area contributed by atoms with Crippen molar-refractivity contribution in [1.29, 1.82) is 0 Å². The van der Waals surface area contributed by atoms with Gasteiger partial charge in [0.25, 0.3) is 11.4 Å². The lowest BCUT2D eigenvalue weighted by Crippen LogP contribution is -1.92. The van der Waals surface area contributed by atoms with Gasteiger partial charge in [-0.15, -0.1) is 0 Å². The summed E-state index contributed by atoms with van der Waals surface area (Å²) in [7, 11) is 0. The van der Waals surface area contributed by atoms with Gasteiger partial charge in [-0.3, -0.25) is 20.2 Å². The molecule has 20 heavy (non-hydrogen) atoms. The number of nitro benzene ring substituents is 2. The van der Waals surface area contributed by atoms with E-state index in [-0.39, 0.29) is 11.4 Å². The predicted octanol–water partition coefficient (Wildman–Crippen LogP) is 4.70. The number of halogens is 2. The largest absolute Gasteiger partial charge is 0.270 e. The highest BCUT2D eigenvalue weighted by atomic mass is 79.9. The van der Waals surface area contributed by atoms with Gasteiger partial charge < -0.3 is 0 Å². The fraction of sp³-hybridized carbons (Fsp3) is 0. The summed E-state index contributed by atoms with van der Waals surface area (Å²) in [5.74, 6) is 0. The molecule has 2 aromatic carbocycles. The van der Waals surface area contributed by atoms with Gasteiger partial charge in [0.2, 0.25) is 0 Å². The molecule has 0 aromatic heterocycles. The number of nitro groups is 2. The number of benzene rings is 2. The van der Waals surface area contributed by atoms with Crippen molar-refractivity contribution in [3.05, 3.63) is 65.6 Å². The van der Waals surface area contributed by atoms with Crippen LogP contribution in [0, 0.1) is 20.2 Å². The molecule has 6 nitrogen and oxygen atoms in total. The molecular weight excluding hydrogens is 396 g/mol. The minimum atomic E-state index is -0.513. The van der Waals surface area contributed by atoms with E-state index in [1.165, 1.54) is 24.3 Å². The van der Waals surface area contributed by atoms with Crippen molar-refractivity contribution >= 4 is 43.2 Å². The second kappa shape index (κ2) is 5.68. The van der Waals surface area contributed by atoms with E-state index in [9.17, 15) is 20.2 Å². The molecule has 0 atom stereocenters. The Hall–Kier alpha value is -1.80. The second-order valence-electron chi connectivity index (χ2n) is 3.84. The van der Waals surface area contributed by atoms with Crippen molar-refractivity contribution in [2.75, 3.05) is 0 Å². The van der Waals surface area contributed by atoms with Crippen LogP contribution in [0.3, 0.4) is 0 Å². The Kier molecular flexibility index (Phi) is 4.15. The molecule has 0 spiro atoms. The van der Waals surface area contributed by atoms with Gasteiger partial charge in [-0.1, -0.05) is 31.9 Å². The van der Waals surface area contributed by atoms with Crippen LogP contribution in [0.1, 0.15) is 0 Å². The SMILES string of the molecule is O=[N+]([O-])c1ccc(Br)c(-c2cc([N+](=O)[O-])ccc2Br)c1. The smallest absolute Gasteiger partial charge is 0.258 e. The van der Waals surface area contributed by atoms with Crippen LogP contribution in [0.5, 0.6) is 0 Å². The molecule has 0 radical (unpaired) electrons. The van der Waals surface area contributed by atoms with Gasteiger partial charge in [-0.05, 0) is 12.1 Å². The van der Waals surface area contributed by atoms with E-state index in [2.05, 4.69) is 31.9 Å². The van der Waals surface area contributed by atoms with Crippen molar-refractivity contribution < 1.29 is 9.85 Å². The van der Waals surface area contributed by atoms with Crippen LogP contribution in [0.2, 0.25) is 0 Å². The maximum absolute atomic E-state index is 10.8. The quantitative estimate of drug-likeness (QED) is 0.551. The van der Waals surface area contributed by atoms with Gasteiger partial charge in [0.15, 0.2) is 0 Å². The lowest BCUT2D eigenvalue weighted by Gasteiger charge is -2.07. The summed E-state index contributed by atoms with van der Waals surface area (Å²) in [6, 6.07) is 8.54. The van der Waals surface area contributed by atoms with Gasteiger partial charge in [0.1, 0.15) is 0 Å². The first-order valence-electron chi connectivity index (χ1n) is 5.28. The Balaban J connectivity index is 2.67.